The zero-order valence-corrected chi connectivity index (χ0v) is 15.3. The Hall–Kier alpha value is -2.08. The van der Waals surface area contributed by atoms with E-state index in [1.165, 1.54) is 11.0 Å². The summed E-state index contributed by atoms with van der Waals surface area (Å²) in [7, 11) is 0. The molecule has 0 aromatic heterocycles. The van der Waals surface area contributed by atoms with Gasteiger partial charge in [0.15, 0.2) is 12.4 Å². The van der Waals surface area contributed by atoms with Crippen LogP contribution in [-0.4, -0.2) is 47.5 Å². The Morgan fingerprint density at radius 2 is 2.00 bits per heavy atom. The molecular weight excluding hydrogens is 346 g/mol. The number of halogens is 1. The first-order valence-electron chi connectivity index (χ1n) is 8.12. The quantitative estimate of drug-likeness (QED) is 0.601. The number of hydrogen-bond donors (Lipinski definition) is 0. The Kier molecular flexibility index (Phi) is 6.06. The van der Waals surface area contributed by atoms with Crippen molar-refractivity contribution in [1.29, 1.82) is 0 Å². The van der Waals surface area contributed by atoms with E-state index in [0.29, 0.717) is 30.0 Å². The van der Waals surface area contributed by atoms with Gasteiger partial charge in [-0.25, -0.2) is 9.59 Å². The molecule has 1 atom stereocenters. The van der Waals surface area contributed by atoms with Gasteiger partial charge in [0.25, 0.3) is 0 Å². The molecule has 7 heteroatoms. The van der Waals surface area contributed by atoms with Crippen LogP contribution in [0.15, 0.2) is 24.3 Å². The average molecular weight is 368 g/mol. The number of Topliss-reactive ketones (excluding diaryl/α,β-unsaturated/α-hetero) is 1. The van der Waals surface area contributed by atoms with Crippen molar-refractivity contribution in [3.8, 4) is 0 Å². The maximum Gasteiger partial charge on any atom is 0.411 e. The molecule has 1 aliphatic heterocycles. The Balaban J connectivity index is 1.93. The summed E-state index contributed by atoms with van der Waals surface area (Å²) in [6.45, 7) is 5.32. The molecule has 1 saturated heterocycles. The van der Waals surface area contributed by atoms with Crippen molar-refractivity contribution in [3.63, 3.8) is 0 Å². The fraction of sp³-hybridized carbons (Fsp3) is 0.500. The minimum atomic E-state index is -0.720. The molecule has 0 N–H and O–H groups in total. The van der Waals surface area contributed by atoms with Gasteiger partial charge in [0.05, 0.1) is 0 Å². The highest BCUT2D eigenvalue weighted by atomic mass is 35.5. The summed E-state index contributed by atoms with van der Waals surface area (Å²) >= 11 is 5.84. The molecule has 0 bridgehead atoms. The van der Waals surface area contributed by atoms with Gasteiger partial charge in [0, 0.05) is 17.1 Å². The van der Waals surface area contributed by atoms with Crippen LogP contribution >= 0.6 is 11.6 Å². The molecule has 1 aromatic carbocycles. The monoisotopic (exact) mass is 367 g/mol. The topological polar surface area (TPSA) is 72.9 Å². The van der Waals surface area contributed by atoms with Crippen LogP contribution in [0.25, 0.3) is 0 Å². The summed E-state index contributed by atoms with van der Waals surface area (Å²) < 4.78 is 10.4. The van der Waals surface area contributed by atoms with E-state index in [1.807, 2.05) is 0 Å². The summed E-state index contributed by atoms with van der Waals surface area (Å²) in [6.07, 6.45) is 0.623. The highest BCUT2D eigenvalue weighted by molar-refractivity contribution is 6.31. The van der Waals surface area contributed by atoms with E-state index in [9.17, 15) is 14.4 Å². The zero-order chi connectivity index (χ0) is 18.6. The Labute approximate surface area is 152 Å². The van der Waals surface area contributed by atoms with Crippen molar-refractivity contribution in [2.45, 2.75) is 45.3 Å². The predicted molar refractivity (Wildman–Crippen MR) is 92.7 cm³/mol. The van der Waals surface area contributed by atoms with Crippen LogP contribution in [0.4, 0.5) is 4.79 Å². The largest absolute Gasteiger partial charge is 0.456 e. The molecule has 0 saturated carbocycles. The van der Waals surface area contributed by atoms with Crippen molar-refractivity contribution >= 4 is 29.4 Å². The normalized spacial score (nSPS) is 17.3. The molecule has 1 heterocycles. The molecule has 136 valence electrons. The molecule has 1 amide bonds. The summed E-state index contributed by atoms with van der Waals surface area (Å²) in [4.78, 5) is 37.9. The maximum absolute atomic E-state index is 12.3. The second-order valence-corrected chi connectivity index (χ2v) is 7.31. The molecule has 1 aromatic rings. The second-order valence-electron chi connectivity index (χ2n) is 6.87. The molecule has 2 rings (SSSR count). The summed E-state index contributed by atoms with van der Waals surface area (Å²) in [5, 5.41) is 0.434. The van der Waals surface area contributed by atoms with E-state index in [-0.39, 0.29) is 5.78 Å². The van der Waals surface area contributed by atoms with E-state index in [0.717, 1.165) is 0 Å². The van der Waals surface area contributed by atoms with Gasteiger partial charge in [-0.05, 0) is 45.7 Å². The minimum absolute atomic E-state index is 0.349. The first-order chi connectivity index (χ1) is 11.7. The number of likely N-dealkylation sites (tertiary alicyclic amines) is 1. The summed E-state index contributed by atoms with van der Waals surface area (Å²) in [5.74, 6) is -0.948. The predicted octanol–water partition coefficient (Wildman–Crippen LogP) is 3.47. The fourth-order valence-electron chi connectivity index (χ4n) is 2.53. The van der Waals surface area contributed by atoms with Crippen molar-refractivity contribution in [1.82, 2.24) is 4.90 Å². The molecule has 0 aliphatic carbocycles. The van der Waals surface area contributed by atoms with E-state index in [1.54, 1.807) is 39.0 Å². The molecule has 0 unspecified atom stereocenters. The van der Waals surface area contributed by atoms with Gasteiger partial charge in [0.1, 0.15) is 11.6 Å². The number of amides is 1. The molecule has 0 spiro atoms. The lowest BCUT2D eigenvalue weighted by molar-refractivity contribution is -0.147. The third kappa shape index (κ3) is 5.46. The molecule has 1 fully saturated rings. The maximum atomic E-state index is 12.3. The fourth-order valence-corrected chi connectivity index (χ4v) is 2.72. The van der Waals surface area contributed by atoms with Gasteiger partial charge in [-0.15, -0.1) is 0 Å². The van der Waals surface area contributed by atoms with Crippen LogP contribution in [0, 0.1) is 0 Å². The van der Waals surface area contributed by atoms with E-state index < -0.39 is 30.3 Å². The third-order valence-electron chi connectivity index (χ3n) is 3.64. The second kappa shape index (κ2) is 7.87. The van der Waals surface area contributed by atoms with Gasteiger partial charge in [0.2, 0.25) is 0 Å². The average Bonchev–Trinajstić information content (AvgIpc) is 3.00. The minimum Gasteiger partial charge on any atom is -0.456 e. The number of carbonyl (C=O) groups is 3. The number of ether oxygens (including phenoxy) is 2. The third-order valence-corrected chi connectivity index (χ3v) is 3.88. The zero-order valence-electron chi connectivity index (χ0n) is 14.6. The number of hydrogen-bond acceptors (Lipinski definition) is 5. The number of esters is 1. The van der Waals surface area contributed by atoms with Crippen molar-refractivity contribution in [2.75, 3.05) is 13.2 Å². The van der Waals surface area contributed by atoms with Gasteiger partial charge in [-0.1, -0.05) is 23.7 Å². The van der Waals surface area contributed by atoms with Gasteiger partial charge < -0.3 is 9.47 Å². The molecule has 6 nitrogen and oxygen atoms in total. The Morgan fingerprint density at radius 3 is 2.64 bits per heavy atom. The summed E-state index contributed by atoms with van der Waals surface area (Å²) in [6, 6.07) is 5.70. The van der Waals surface area contributed by atoms with E-state index in [4.69, 9.17) is 21.1 Å². The number of benzene rings is 1. The van der Waals surface area contributed by atoms with Crippen molar-refractivity contribution < 1.29 is 23.9 Å². The standard InChI is InChI=1S/C18H22ClNO5/c1-18(2,3)25-17(23)20-9-5-8-14(20)16(22)24-11-15(21)12-6-4-7-13(19)10-12/h4,6-7,10,14H,5,8-9,11H2,1-3H3/t14-/m0/s1. The smallest absolute Gasteiger partial charge is 0.411 e. The van der Waals surface area contributed by atoms with Crippen molar-refractivity contribution in [3.05, 3.63) is 34.9 Å². The number of ketones is 1. The molecule has 25 heavy (non-hydrogen) atoms. The Morgan fingerprint density at radius 1 is 1.28 bits per heavy atom. The van der Waals surface area contributed by atoms with Gasteiger partial charge in [-0.3, -0.25) is 9.69 Å². The van der Waals surface area contributed by atoms with Crippen LogP contribution in [0.3, 0.4) is 0 Å². The van der Waals surface area contributed by atoms with Crippen LogP contribution in [0.1, 0.15) is 44.0 Å². The lowest BCUT2D eigenvalue weighted by Crippen LogP contribution is -2.44. The number of rotatable bonds is 4. The SMILES string of the molecule is CC(C)(C)OC(=O)N1CCC[C@H]1C(=O)OCC(=O)c1cccc(Cl)c1. The summed E-state index contributed by atoms with van der Waals surface area (Å²) in [5.41, 5.74) is -0.271. The van der Waals surface area contributed by atoms with E-state index >= 15 is 0 Å². The van der Waals surface area contributed by atoms with Crippen LogP contribution in [0.5, 0.6) is 0 Å². The van der Waals surface area contributed by atoms with Crippen LogP contribution in [-0.2, 0) is 14.3 Å². The first kappa shape index (κ1) is 19.2. The van der Waals surface area contributed by atoms with Crippen molar-refractivity contribution in [2.24, 2.45) is 0 Å². The van der Waals surface area contributed by atoms with Gasteiger partial charge in [-0.2, -0.15) is 0 Å². The molecule has 0 radical (unpaired) electrons. The lowest BCUT2D eigenvalue weighted by Gasteiger charge is -2.27. The highest BCUT2D eigenvalue weighted by Gasteiger charge is 2.37. The van der Waals surface area contributed by atoms with Crippen LogP contribution < -0.4 is 0 Å². The van der Waals surface area contributed by atoms with E-state index in [2.05, 4.69) is 0 Å². The van der Waals surface area contributed by atoms with Crippen LogP contribution in [0.2, 0.25) is 5.02 Å². The number of carbonyl (C=O) groups excluding carboxylic acids is 3. The molecular formula is C18H22ClNO5. The van der Waals surface area contributed by atoms with Gasteiger partial charge >= 0.3 is 12.1 Å². The Bertz CT molecular complexity index is 668. The molecule has 1 aliphatic rings. The highest BCUT2D eigenvalue weighted by Crippen LogP contribution is 2.22. The lowest BCUT2D eigenvalue weighted by atomic mass is 10.1. The number of nitrogens with zero attached hydrogens (tertiary/aromatic N) is 1. The first-order valence-corrected chi connectivity index (χ1v) is 8.50.